The van der Waals surface area contributed by atoms with Crippen molar-refractivity contribution in [3.8, 4) is 0 Å². The number of esters is 1. The summed E-state index contributed by atoms with van der Waals surface area (Å²) < 4.78 is 10.0. The summed E-state index contributed by atoms with van der Waals surface area (Å²) in [6, 6.07) is 3.86. The van der Waals surface area contributed by atoms with Gasteiger partial charge in [0.1, 0.15) is 10.5 Å². The fourth-order valence-corrected chi connectivity index (χ4v) is 3.40. The van der Waals surface area contributed by atoms with E-state index in [2.05, 4.69) is 10.2 Å². The number of alkyl carbamates (subject to hydrolysis) is 1. The van der Waals surface area contributed by atoms with Crippen molar-refractivity contribution in [2.75, 3.05) is 25.1 Å². The number of nitrogens with zero attached hydrogens (tertiary/aromatic N) is 1. The standard InChI is InChI=1S/C16H24N2O4S/c1-16(2,3)22-15(20)17-11-7-9-18(10-8-11)13-6-5-12(23-13)14(19)21-4/h5-6,11H,7-10H2,1-4H3,(H,17,20). The zero-order chi connectivity index (χ0) is 17.0. The maximum absolute atomic E-state index is 11.8. The molecule has 0 aliphatic carbocycles. The number of carbonyl (C=O) groups excluding carboxylic acids is 2. The predicted molar refractivity (Wildman–Crippen MR) is 90.3 cm³/mol. The lowest BCUT2D eigenvalue weighted by atomic mass is 10.1. The van der Waals surface area contributed by atoms with Crippen molar-refractivity contribution < 1.29 is 19.1 Å². The summed E-state index contributed by atoms with van der Waals surface area (Å²) in [4.78, 5) is 26.1. The molecule has 0 saturated carbocycles. The Kier molecular flexibility index (Phi) is 5.51. The smallest absolute Gasteiger partial charge is 0.407 e. The molecule has 0 spiro atoms. The highest BCUT2D eigenvalue weighted by molar-refractivity contribution is 7.17. The van der Waals surface area contributed by atoms with E-state index in [1.54, 1.807) is 6.07 Å². The van der Waals surface area contributed by atoms with Gasteiger partial charge in [-0.15, -0.1) is 11.3 Å². The van der Waals surface area contributed by atoms with Crippen molar-refractivity contribution in [2.45, 2.75) is 45.3 Å². The summed E-state index contributed by atoms with van der Waals surface area (Å²) in [5.41, 5.74) is -0.480. The minimum Gasteiger partial charge on any atom is -0.465 e. The van der Waals surface area contributed by atoms with Crippen LogP contribution in [0.5, 0.6) is 0 Å². The van der Waals surface area contributed by atoms with Gasteiger partial charge in [0, 0.05) is 19.1 Å². The van der Waals surface area contributed by atoms with Gasteiger partial charge in [0.15, 0.2) is 0 Å². The van der Waals surface area contributed by atoms with E-state index in [1.807, 2.05) is 26.8 Å². The first-order valence-corrected chi connectivity index (χ1v) is 8.53. The van der Waals surface area contributed by atoms with E-state index in [0.29, 0.717) is 4.88 Å². The molecule has 0 atom stereocenters. The minimum absolute atomic E-state index is 0.126. The molecule has 2 heterocycles. The van der Waals surface area contributed by atoms with Gasteiger partial charge in [0.2, 0.25) is 0 Å². The monoisotopic (exact) mass is 340 g/mol. The third-order valence-electron chi connectivity index (χ3n) is 3.51. The van der Waals surface area contributed by atoms with Crippen LogP contribution < -0.4 is 10.2 Å². The number of rotatable bonds is 3. The number of anilines is 1. The number of ether oxygens (including phenoxy) is 2. The van der Waals surface area contributed by atoms with Crippen LogP contribution in [0.4, 0.5) is 9.80 Å². The van der Waals surface area contributed by atoms with E-state index in [4.69, 9.17) is 9.47 Å². The second-order valence-electron chi connectivity index (χ2n) is 6.54. The molecule has 7 heteroatoms. The van der Waals surface area contributed by atoms with Gasteiger partial charge >= 0.3 is 12.1 Å². The highest BCUT2D eigenvalue weighted by Gasteiger charge is 2.24. The van der Waals surface area contributed by atoms with Crippen molar-refractivity contribution in [1.82, 2.24) is 5.32 Å². The predicted octanol–water partition coefficient (Wildman–Crippen LogP) is 3.03. The highest BCUT2D eigenvalue weighted by Crippen LogP contribution is 2.29. The molecule has 6 nitrogen and oxygen atoms in total. The molecule has 0 aromatic carbocycles. The van der Waals surface area contributed by atoms with Gasteiger partial charge in [0.05, 0.1) is 12.1 Å². The number of carbonyl (C=O) groups is 2. The first-order valence-electron chi connectivity index (χ1n) is 7.71. The van der Waals surface area contributed by atoms with Crippen LogP contribution in [0.25, 0.3) is 0 Å². The lowest BCUT2D eigenvalue weighted by molar-refractivity contribution is 0.0496. The van der Waals surface area contributed by atoms with Crippen molar-refractivity contribution in [2.24, 2.45) is 0 Å². The quantitative estimate of drug-likeness (QED) is 0.857. The van der Waals surface area contributed by atoms with Gasteiger partial charge in [-0.2, -0.15) is 0 Å². The fourth-order valence-electron chi connectivity index (χ4n) is 2.43. The highest BCUT2D eigenvalue weighted by atomic mass is 32.1. The molecule has 1 aliphatic heterocycles. The molecule has 2 rings (SSSR count). The number of nitrogens with one attached hydrogen (secondary N) is 1. The number of thiophene rings is 1. The fraction of sp³-hybridized carbons (Fsp3) is 0.625. The van der Waals surface area contributed by atoms with Crippen LogP contribution in [-0.4, -0.2) is 43.9 Å². The van der Waals surface area contributed by atoms with E-state index in [1.165, 1.54) is 18.4 Å². The molecule has 0 radical (unpaired) electrons. The molecule has 0 unspecified atom stereocenters. The molecule has 1 saturated heterocycles. The number of hydrogen-bond donors (Lipinski definition) is 1. The second kappa shape index (κ2) is 7.21. The Morgan fingerprint density at radius 1 is 1.26 bits per heavy atom. The molecule has 128 valence electrons. The zero-order valence-corrected chi connectivity index (χ0v) is 14.9. The average Bonchev–Trinajstić information content (AvgIpc) is 2.95. The van der Waals surface area contributed by atoms with Gasteiger partial charge in [-0.1, -0.05) is 0 Å². The molecule has 1 amide bonds. The lowest BCUT2D eigenvalue weighted by Crippen LogP contribution is -2.46. The van der Waals surface area contributed by atoms with Crippen molar-refractivity contribution in [3.63, 3.8) is 0 Å². The van der Waals surface area contributed by atoms with Gasteiger partial charge in [-0.05, 0) is 45.7 Å². The minimum atomic E-state index is -0.480. The molecule has 1 aromatic rings. The summed E-state index contributed by atoms with van der Waals surface area (Å²) in [7, 11) is 1.38. The van der Waals surface area contributed by atoms with Crippen LogP contribution in [0.15, 0.2) is 12.1 Å². The maximum Gasteiger partial charge on any atom is 0.407 e. The molecule has 23 heavy (non-hydrogen) atoms. The van der Waals surface area contributed by atoms with Crippen LogP contribution >= 0.6 is 11.3 Å². The van der Waals surface area contributed by atoms with Crippen molar-refractivity contribution >= 4 is 28.4 Å². The molecular weight excluding hydrogens is 316 g/mol. The van der Waals surface area contributed by atoms with Crippen LogP contribution in [0.1, 0.15) is 43.3 Å². The van der Waals surface area contributed by atoms with E-state index in [9.17, 15) is 9.59 Å². The third kappa shape index (κ3) is 5.13. The first kappa shape index (κ1) is 17.6. The van der Waals surface area contributed by atoms with Gasteiger partial charge in [-0.25, -0.2) is 9.59 Å². The van der Waals surface area contributed by atoms with Crippen LogP contribution in [-0.2, 0) is 9.47 Å². The average molecular weight is 340 g/mol. The molecule has 1 aliphatic rings. The van der Waals surface area contributed by atoms with Crippen molar-refractivity contribution in [1.29, 1.82) is 0 Å². The third-order valence-corrected chi connectivity index (χ3v) is 4.63. The maximum atomic E-state index is 11.8. The molecule has 0 bridgehead atoms. The van der Waals surface area contributed by atoms with Crippen LogP contribution in [0, 0.1) is 0 Å². The molecule has 1 fully saturated rings. The summed E-state index contributed by atoms with van der Waals surface area (Å²) in [5.74, 6) is -0.303. The molecular formula is C16H24N2O4S. The SMILES string of the molecule is COC(=O)c1ccc(N2CCC(NC(=O)OC(C)(C)C)CC2)s1. The molecule has 1 N–H and O–H groups in total. The van der Waals surface area contributed by atoms with Gasteiger partial charge in [0.25, 0.3) is 0 Å². The van der Waals surface area contributed by atoms with Crippen molar-refractivity contribution in [3.05, 3.63) is 17.0 Å². The number of amides is 1. The Hall–Kier alpha value is -1.76. The Labute approximate surface area is 140 Å². The number of piperidine rings is 1. The Morgan fingerprint density at radius 2 is 1.91 bits per heavy atom. The summed E-state index contributed by atoms with van der Waals surface area (Å²) in [5, 5.41) is 3.98. The largest absolute Gasteiger partial charge is 0.465 e. The molecule has 1 aromatic heterocycles. The van der Waals surface area contributed by atoms with E-state index in [0.717, 1.165) is 30.9 Å². The Bertz CT molecular complexity index is 557. The normalized spacial score (nSPS) is 16.1. The number of methoxy groups -OCH3 is 1. The summed E-state index contributed by atoms with van der Waals surface area (Å²) in [6.45, 7) is 7.23. The first-order chi connectivity index (χ1) is 10.8. The van der Waals surface area contributed by atoms with E-state index < -0.39 is 5.60 Å². The topological polar surface area (TPSA) is 67.9 Å². The summed E-state index contributed by atoms with van der Waals surface area (Å²) >= 11 is 1.43. The van der Waals surface area contributed by atoms with Gasteiger partial charge in [-0.3, -0.25) is 0 Å². The number of hydrogen-bond acceptors (Lipinski definition) is 6. The summed E-state index contributed by atoms with van der Waals surface area (Å²) in [6.07, 6.45) is 1.34. The zero-order valence-electron chi connectivity index (χ0n) is 14.0. The van der Waals surface area contributed by atoms with E-state index in [-0.39, 0.29) is 18.1 Å². The van der Waals surface area contributed by atoms with Crippen LogP contribution in [0.3, 0.4) is 0 Å². The Balaban J connectivity index is 1.83. The second-order valence-corrected chi connectivity index (χ2v) is 7.60. The van der Waals surface area contributed by atoms with E-state index >= 15 is 0 Å². The van der Waals surface area contributed by atoms with Gasteiger partial charge < -0.3 is 19.7 Å². The lowest BCUT2D eigenvalue weighted by Gasteiger charge is -2.33. The Morgan fingerprint density at radius 3 is 2.48 bits per heavy atom. The van der Waals surface area contributed by atoms with Crippen LogP contribution in [0.2, 0.25) is 0 Å².